The Morgan fingerprint density at radius 2 is 2.05 bits per heavy atom. The molecule has 0 aliphatic heterocycles. The number of halogens is 1. The van der Waals surface area contributed by atoms with Crippen LogP contribution in [0.2, 0.25) is 0 Å². The number of likely N-dealkylation sites (N-methyl/N-ethyl adjacent to an activating group) is 1. The first-order valence-corrected chi connectivity index (χ1v) is 8.17. The second-order valence-corrected chi connectivity index (χ2v) is 5.90. The fraction of sp³-hybridized carbons (Fsp3) is 0.625. The van der Waals surface area contributed by atoms with Gasteiger partial charge in [-0.05, 0) is 47.5 Å². The molecule has 0 amide bonds. The van der Waals surface area contributed by atoms with Crippen molar-refractivity contribution in [3.63, 3.8) is 0 Å². The lowest BCUT2D eigenvalue weighted by Crippen LogP contribution is -2.36. The molecule has 0 fully saturated rings. The first-order valence-electron chi connectivity index (χ1n) is 7.37. The number of hydrogen-bond acceptors (Lipinski definition) is 4. The number of nitrogens with zero attached hydrogens (tertiary/aromatic N) is 1. The highest BCUT2D eigenvalue weighted by atomic mass is 79.9. The topological polar surface area (TPSA) is 33.7 Å². The van der Waals surface area contributed by atoms with Gasteiger partial charge < -0.3 is 19.7 Å². The predicted molar refractivity (Wildman–Crippen MR) is 92.1 cm³/mol. The average Bonchev–Trinajstić information content (AvgIpc) is 2.47. The number of nitrogens with one attached hydrogen (secondary N) is 1. The van der Waals surface area contributed by atoms with Gasteiger partial charge in [-0.2, -0.15) is 0 Å². The smallest absolute Gasteiger partial charge is 0.0663 e. The van der Waals surface area contributed by atoms with Crippen LogP contribution in [0.1, 0.15) is 19.4 Å². The molecule has 0 aromatic heterocycles. The van der Waals surface area contributed by atoms with Gasteiger partial charge in [-0.25, -0.2) is 0 Å². The van der Waals surface area contributed by atoms with Crippen molar-refractivity contribution >= 4 is 21.6 Å². The minimum Gasteiger partial charge on any atom is -0.383 e. The van der Waals surface area contributed by atoms with Crippen LogP contribution in [0, 0.1) is 0 Å². The van der Waals surface area contributed by atoms with Gasteiger partial charge in [0.15, 0.2) is 0 Å². The van der Waals surface area contributed by atoms with E-state index in [0.29, 0.717) is 6.04 Å². The van der Waals surface area contributed by atoms with Gasteiger partial charge >= 0.3 is 0 Å². The molecule has 5 heteroatoms. The summed E-state index contributed by atoms with van der Waals surface area (Å²) in [6, 6.07) is 6.87. The minimum absolute atomic E-state index is 0.349. The molecule has 0 saturated carbocycles. The maximum absolute atomic E-state index is 5.27. The standard InChI is InChI=1S/C16H27BrN2O2/c1-5-19(13(2)12-21-4)16-7-6-14(10-15(16)17)11-18-8-9-20-3/h6-7,10,13,18H,5,8-9,11-12H2,1-4H3. The molecule has 1 aromatic carbocycles. The minimum atomic E-state index is 0.349. The fourth-order valence-corrected chi connectivity index (χ4v) is 3.00. The molecule has 0 aliphatic rings. The lowest BCUT2D eigenvalue weighted by molar-refractivity contribution is 0.182. The third-order valence-corrected chi connectivity index (χ3v) is 4.05. The van der Waals surface area contributed by atoms with E-state index in [2.05, 4.69) is 58.2 Å². The van der Waals surface area contributed by atoms with E-state index in [1.165, 1.54) is 11.3 Å². The summed E-state index contributed by atoms with van der Waals surface area (Å²) in [6.45, 7) is 8.47. The first-order chi connectivity index (χ1) is 10.1. The van der Waals surface area contributed by atoms with Crippen molar-refractivity contribution in [1.82, 2.24) is 5.32 Å². The maximum Gasteiger partial charge on any atom is 0.0663 e. The van der Waals surface area contributed by atoms with E-state index in [1.54, 1.807) is 14.2 Å². The van der Waals surface area contributed by atoms with Crippen molar-refractivity contribution in [2.45, 2.75) is 26.4 Å². The molecule has 0 aliphatic carbocycles. The van der Waals surface area contributed by atoms with Crippen LogP contribution in [0.25, 0.3) is 0 Å². The molecular weight excluding hydrogens is 332 g/mol. The molecule has 21 heavy (non-hydrogen) atoms. The Morgan fingerprint density at radius 3 is 2.62 bits per heavy atom. The Bertz CT molecular complexity index is 415. The quantitative estimate of drug-likeness (QED) is 0.651. The summed E-state index contributed by atoms with van der Waals surface area (Å²) in [5.74, 6) is 0. The van der Waals surface area contributed by atoms with Crippen molar-refractivity contribution < 1.29 is 9.47 Å². The molecule has 0 radical (unpaired) electrons. The van der Waals surface area contributed by atoms with Crippen molar-refractivity contribution in [2.75, 3.05) is 45.4 Å². The second-order valence-electron chi connectivity index (χ2n) is 5.05. The number of anilines is 1. The third-order valence-electron chi connectivity index (χ3n) is 3.41. The van der Waals surface area contributed by atoms with E-state index in [9.17, 15) is 0 Å². The Hall–Kier alpha value is -0.620. The highest BCUT2D eigenvalue weighted by Crippen LogP contribution is 2.28. The number of benzene rings is 1. The highest BCUT2D eigenvalue weighted by Gasteiger charge is 2.15. The molecule has 120 valence electrons. The summed E-state index contributed by atoms with van der Waals surface area (Å²) < 4.78 is 11.4. The van der Waals surface area contributed by atoms with E-state index >= 15 is 0 Å². The number of rotatable bonds is 10. The Morgan fingerprint density at radius 1 is 1.29 bits per heavy atom. The zero-order valence-corrected chi connectivity index (χ0v) is 15.1. The molecule has 4 nitrogen and oxygen atoms in total. The van der Waals surface area contributed by atoms with Gasteiger partial charge in [-0.1, -0.05) is 6.07 Å². The molecule has 1 unspecified atom stereocenters. The molecule has 1 rings (SSSR count). The summed E-state index contributed by atoms with van der Waals surface area (Å²) in [6.07, 6.45) is 0. The van der Waals surface area contributed by atoms with Crippen LogP contribution in [-0.4, -0.2) is 46.6 Å². The summed E-state index contributed by atoms with van der Waals surface area (Å²) in [5.41, 5.74) is 2.47. The Labute approximate surface area is 136 Å². The van der Waals surface area contributed by atoms with E-state index in [1.807, 2.05) is 0 Å². The lowest BCUT2D eigenvalue weighted by atomic mass is 10.1. The van der Waals surface area contributed by atoms with Crippen LogP contribution in [0.5, 0.6) is 0 Å². The van der Waals surface area contributed by atoms with Crippen LogP contribution >= 0.6 is 15.9 Å². The predicted octanol–water partition coefficient (Wildman–Crippen LogP) is 3.05. The number of ether oxygens (including phenoxy) is 2. The SMILES string of the molecule is CCN(c1ccc(CNCCOC)cc1Br)C(C)COC. The van der Waals surface area contributed by atoms with Crippen molar-refractivity contribution in [3.05, 3.63) is 28.2 Å². The molecule has 1 aromatic rings. The van der Waals surface area contributed by atoms with Crippen LogP contribution in [0.3, 0.4) is 0 Å². The Balaban J connectivity index is 2.71. The second kappa shape index (κ2) is 10.2. The fourth-order valence-electron chi connectivity index (χ4n) is 2.35. The molecule has 0 heterocycles. The van der Waals surface area contributed by atoms with Gasteiger partial charge in [-0.3, -0.25) is 0 Å². The normalized spacial score (nSPS) is 12.4. The summed E-state index contributed by atoms with van der Waals surface area (Å²) in [7, 11) is 3.46. The number of methoxy groups -OCH3 is 2. The molecule has 0 spiro atoms. The van der Waals surface area contributed by atoms with E-state index in [0.717, 1.165) is 37.3 Å². The van der Waals surface area contributed by atoms with E-state index in [-0.39, 0.29) is 0 Å². The maximum atomic E-state index is 5.27. The molecule has 1 atom stereocenters. The monoisotopic (exact) mass is 358 g/mol. The average molecular weight is 359 g/mol. The van der Waals surface area contributed by atoms with Gasteiger partial charge in [-0.15, -0.1) is 0 Å². The summed E-state index contributed by atoms with van der Waals surface area (Å²) >= 11 is 3.70. The van der Waals surface area contributed by atoms with Gasteiger partial charge in [0, 0.05) is 44.4 Å². The van der Waals surface area contributed by atoms with Gasteiger partial charge in [0.05, 0.1) is 18.9 Å². The largest absolute Gasteiger partial charge is 0.383 e. The van der Waals surface area contributed by atoms with Crippen molar-refractivity contribution in [1.29, 1.82) is 0 Å². The van der Waals surface area contributed by atoms with Crippen LogP contribution in [-0.2, 0) is 16.0 Å². The summed E-state index contributed by atoms with van der Waals surface area (Å²) in [5, 5.41) is 3.36. The van der Waals surface area contributed by atoms with Crippen LogP contribution in [0.4, 0.5) is 5.69 Å². The van der Waals surface area contributed by atoms with Gasteiger partial charge in [0.2, 0.25) is 0 Å². The van der Waals surface area contributed by atoms with E-state index < -0.39 is 0 Å². The zero-order chi connectivity index (χ0) is 15.7. The third kappa shape index (κ3) is 5.94. The highest BCUT2D eigenvalue weighted by molar-refractivity contribution is 9.10. The molecular formula is C16H27BrN2O2. The lowest BCUT2D eigenvalue weighted by Gasteiger charge is -2.30. The van der Waals surface area contributed by atoms with Crippen LogP contribution < -0.4 is 10.2 Å². The van der Waals surface area contributed by atoms with Crippen LogP contribution in [0.15, 0.2) is 22.7 Å². The molecule has 1 N–H and O–H groups in total. The molecule has 0 saturated heterocycles. The molecule has 0 bridgehead atoms. The van der Waals surface area contributed by atoms with Crippen molar-refractivity contribution in [3.8, 4) is 0 Å². The van der Waals surface area contributed by atoms with Gasteiger partial charge in [0.25, 0.3) is 0 Å². The number of hydrogen-bond donors (Lipinski definition) is 1. The summed E-state index contributed by atoms with van der Waals surface area (Å²) in [4.78, 5) is 2.34. The zero-order valence-electron chi connectivity index (χ0n) is 13.5. The van der Waals surface area contributed by atoms with Crippen molar-refractivity contribution in [2.24, 2.45) is 0 Å². The Kier molecular flexibility index (Phi) is 8.92. The first kappa shape index (κ1) is 18.4. The van der Waals surface area contributed by atoms with E-state index in [4.69, 9.17) is 9.47 Å². The van der Waals surface area contributed by atoms with Gasteiger partial charge in [0.1, 0.15) is 0 Å².